The van der Waals surface area contributed by atoms with Crippen LogP contribution in [0.1, 0.15) is 13.3 Å². The highest BCUT2D eigenvalue weighted by atomic mass is 16.4. The molecule has 0 N–H and O–H groups in total. The number of rotatable bonds is 2. The summed E-state index contributed by atoms with van der Waals surface area (Å²) in [4.78, 5) is 9.30. The van der Waals surface area contributed by atoms with E-state index in [1.807, 2.05) is 24.3 Å². The third-order valence-corrected chi connectivity index (χ3v) is 3.59. The van der Waals surface area contributed by atoms with Crippen LogP contribution in [0.4, 0.5) is 6.01 Å². The highest BCUT2D eigenvalue weighted by molar-refractivity contribution is 5.74. The van der Waals surface area contributed by atoms with Gasteiger partial charge in [0.2, 0.25) is 0 Å². The number of nitrogens with zero attached hydrogens (tertiary/aromatic N) is 3. The predicted molar refractivity (Wildman–Crippen MR) is 73.0 cm³/mol. The van der Waals surface area contributed by atoms with Crippen LogP contribution in [0.2, 0.25) is 0 Å². The maximum atomic E-state index is 5.83. The molecule has 3 rings (SSSR count). The smallest absolute Gasteiger partial charge is 0.298 e. The lowest BCUT2D eigenvalue weighted by Gasteiger charge is -2.19. The van der Waals surface area contributed by atoms with E-state index in [-0.39, 0.29) is 0 Å². The van der Waals surface area contributed by atoms with Crippen molar-refractivity contribution >= 4 is 17.1 Å². The fourth-order valence-electron chi connectivity index (χ4n) is 2.47. The van der Waals surface area contributed by atoms with Crippen molar-refractivity contribution in [3.63, 3.8) is 0 Å². The van der Waals surface area contributed by atoms with Gasteiger partial charge in [0.05, 0.1) is 0 Å². The Morgan fingerprint density at radius 1 is 1.17 bits per heavy atom. The van der Waals surface area contributed by atoms with Crippen molar-refractivity contribution in [2.45, 2.75) is 13.3 Å². The number of para-hydroxylation sites is 2. The Hall–Kier alpha value is -1.55. The summed E-state index contributed by atoms with van der Waals surface area (Å²) in [5.41, 5.74) is 1.83. The zero-order valence-corrected chi connectivity index (χ0v) is 10.8. The summed E-state index contributed by atoms with van der Waals surface area (Å²) in [5, 5.41) is 0. The average Bonchev–Trinajstić information content (AvgIpc) is 2.68. The van der Waals surface area contributed by atoms with E-state index in [2.05, 4.69) is 21.7 Å². The van der Waals surface area contributed by atoms with Gasteiger partial charge in [-0.25, -0.2) is 0 Å². The number of likely N-dealkylation sites (N-methyl/N-ethyl adjacent to an activating group) is 1. The normalized spacial score (nSPS) is 18.2. The van der Waals surface area contributed by atoms with Gasteiger partial charge in [-0.1, -0.05) is 19.1 Å². The fourth-order valence-corrected chi connectivity index (χ4v) is 2.47. The van der Waals surface area contributed by atoms with E-state index in [4.69, 9.17) is 4.42 Å². The number of hydrogen-bond donors (Lipinski definition) is 0. The van der Waals surface area contributed by atoms with Crippen LogP contribution < -0.4 is 4.90 Å². The van der Waals surface area contributed by atoms with Gasteiger partial charge >= 0.3 is 0 Å². The quantitative estimate of drug-likeness (QED) is 0.813. The molecule has 1 aromatic heterocycles. The first kappa shape index (κ1) is 11.5. The monoisotopic (exact) mass is 245 g/mol. The first-order valence-corrected chi connectivity index (χ1v) is 6.69. The third-order valence-electron chi connectivity index (χ3n) is 3.59. The minimum Gasteiger partial charge on any atom is -0.423 e. The lowest BCUT2D eigenvalue weighted by atomic mass is 10.3. The van der Waals surface area contributed by atoms with Crippen LogP contribution >= 0.6 is 0 Å². The molecule has 0 aliphatic carbocycles. The zero-order chi connectivity index (χ0) is 12.4. The molecule has 1 fully saturated rings. The topological polar surface area (TPSA) is 32.5 Å². The molecule has 18 heavy (non-hydrogen) atoms. The summed E-state index contributed by atoms with van der Waals surface area (Å²) in [7, 11) is 0. The van der Waals surface area contributed by atoms with Gasteiger partial charge in [0.15, 0.2) is 5.58 Å². The molecule has 1 aromatic carbocycles. The lowest BCUT2D eigenvalue weighted by Crippen LogP contribution is -2.30. The van der Waals surface area contributed by atoms with Crippen LogP contribution in [0.15, 0.2) is 28.7 Å². The molecule has 0 saturated carbocycles. The van der Waals surface area contributed by atoms with Crippen molar-refractivity contribution in [2.75, 3.05) is 37.6 Å². The SMILES string of the molecule is CCN1CCCN(c2nc3ccccc3o2)CC1. The maximum absolute atomic E-state index is 5.83. The van der Waals surface area contributed by atoms with Crippen molar-refractivity contribution in [1.29, 1.82) is 0 Å². The average molecular weight is 245 g/mol. The van der Waals surface area contributed by atoms with E-state index in [0.29, 0.717) is 0 Å². The molecule has 0 unspecified atom stereocenters. The molecular formula is C14H19N3O. The van der Waals surface area contributed by atoms with Crippen LogP contribution in [-0.2, 0) is 0 Å². The second-order valence-corrected chi connectivity index (χ2v) is 4.74. The Morgan fingerprint density at radius 2 is 2.06 bits per heavy atom. The molecule has 0 amide bonds. The second kappa shape index (κ2) is 4.98. The largest absolute Gasteiger partial charge is 0.423 e. The Kier molecular flexibility index (Phi) is 3.19. The number of fused-ring (bicyclic) bond motifs is 1. The maximum Gasteiger partial charge on any atom is 0.298 e. The molecule has 0 spiro atoms. The molecule has 1 aliphatic heterocycles. The van der Waals surface area contributed by atoms with Crippen molar-refractivity contribution in [1.82, 2.24) is 9.88 Å². The van der Waals surface area contributed by atoms with Gasteiger partial charge in [0, 0.05) is 19.6 Å². The molecule has 2 aromatic rings. The highest BCUT2D eigenvalue weighted by Gasteiger charge is 2.18. The minimum atomic E-state index is 0.772. The lowest BCUT2D eigenvalue weighted by molar-refractivity contribution is 0.309. The van der Waals surface area contributed by atoms with Gasteiger partial charge in [0.25, 0.3) is 6.01 Å². The van der Waals surface area contributed by atoms with Crippen molar-refractivity contribution < 1.29 is 4.42 Å². The molecule has 2 heterocycles. The van der Waals surface area contributed by atoms with Gasteiger partial charge in [-0.05, 0) is 31.6 Å². The predicted octanol–water partition coefficient (Wildman–Crippen LogP) is 2.36. The van der Waals surface area contributed by atoms with E-state index < -0.39 is 0 Å². The highest BCUT2D eigenvalue weighted by Crippen LogP contribution is 2.22. The van der Waals surface area contributed by atoms with Crippen molar-refractivity contribution in [3.8, 4) is 0 Å². The van der Waals surface area contributed by atoms with E-state index in [1.165, 1.54) is 13.0 Å². The number of hydrogen-bond acceptors (Lipinski definition) is 4. The van der Waals surface area contributed by atoms with Crippen LogP contribution in [0.25, 0.3) is 11.1 Å². The van der Waals surface area contributed by atoms with Crippen molar-refractivity contribution in [3.05, 3.63) is 24.3 Å². The Balaban J connectivity index is 1.81. The zero-order valence-electron chi connectivity index (χ0n) is 10.8. The van der Waals surface area contributed by atoms with Crippen LogP contribution in [-0.4, -0.2) is 42.6 Å². The van der Waals surface area contributed by atoms with Gasteiger partial charge < -0.3 is 14.2 Å². The standard InChI is InChI=1S/C14H19N3O/c1-2-16-8-5-9-17(11-10-16)14-15-12-6-3-4-7-13(12)18-14/h3-4,6-7H,2,5,8-11H2,1H3. The fraction of sp³-hybridized carbons (Fsp3) is 0.500. The summed E-state index contributed by atoms with van der Waals surface area (Å²) in [5.74, 6) is 0. The summed E-state index contributed by atoms with van der Waals surface area (Å²) in [6, 6.07) is 8.73. The van der Waals surface area contributed by atoms with Gasteiger partial charge in [-0.3, -0.25) is 0 Å². The second-order valence-electron chi connectivity index (χ2n) is 4.74. The summed E-state index contributed by atoms with van der Waals surface area (Å²) in [6.07, 6.45) is 1.17. The molecule has 0 bridgehead atoms. The molecule has 4 nitrogen and oxygen atoms in total. The number of anilines is 1. The number of oxazole rings is 1. The van der Waals surface area contributed by atoms with Crippen LogP contribution in [0, 0.1) is 0 Å². The van der Waals surface area contributed by atoms with E-state index in [1.54, 1.807) is 0 Å². The first-order chi connectivity index (χ1) is 8.86. The Bertz CT molecular complexity index is 489. The summed E-state index contributed by atoms with van der Waals surface area (Å²) < 4.78 is 5.83. The first-order valence-electron chi connectivity index (χ1n) is 6.69. The molecule has 96 valence electrons. The molecule has 0 radical (unpaired) electrons. The van der Waals surface area contributed by atoms with E-state index in [0.717, 1.165) is 43.3 Å². The van der Waals surface area contributed by atoms with Crippen LogP contribution in [0.5, 0.6) is 0 Å². The van der Waals surface area contributed by atoms with Crippen molar-refractivity contribution in [2.24, 2.45) is 0 Å². The Labute approximate surface area is 107 Å². The number of benzene rings is 1. The molecule has 1 aliphatic rings. The minimum absolute atomic E-state index is 0.772. The van der Waals surface area contributed by atoms with E-state index in [9.17, 15) is 0 Å². The molecule has 1 saturated heterocycles. The molecule has 0 atom stereocenters. The Morgan fingerprint density at radius 3 is 2.89 bits per heavy atom. The molecule has 4 heteroatoms. The summed E-state index contributed by atoms with van der Waals surface area (Å²) >= 11 is 0. The summed E-state index contributed by atoms with van der Waals surface area (Å²) in [6.45, 7) is 7.64. The van der Waals surface area contributed by atoms with Gasteiger partial charge in [-0.2, -0.15) is 4.98 Å². The van der Waals surface area contributed by atoms with Gasteiger partial charge in [-0.15, -0.1) is 0 Å². The number of aromatic nitrogens is 1. The van der Waals surface area contributed by atoms with Crippen LogP contribution in [0.3, 0.4) is 0 Å². The third kappa shape index (κ3) is 2.20. The molecular weight excluding hydrogens is 226 g/mol. The van der Waals surface area contributed by atoms with E-state index >= 15 is 0 Å². The van der Waals surface area contributed by atoms with Gasteiger partial charge in [0.1, 0.15) is 5.52 Å².